The zero-order chi connectivity index (χ0) is 18.1. The van der Waals surface area contributed by atoms with Gasteiger partial charge in [0.2, 0.25) is 5.91 Å². The summed E-state index contributed by atoms with van der Waals surface area (Å²) in [6.07, 6.45) is 2.53. The minimum atomic E-state index is 0.202. The van der Waals surface area contributed by atoms with Crippen LogP contribution in [0.25, 0.3) is 0 Å². The molecule has 25 heavy (non-hydrogen) atoms. The number of hydrogen-bond donors (Lipinski definition) is 3. The van der Waals surface area contributed by atoms with E-state index in [-0.39, 0.29) is 11.7 Å². The number of nitrogens with zero attached hydrogens (tertiary/aromatic N) is 2. The maximum Gasteiger partial charge on any atom is 0.222 e. The quantitative estimate of drug-likeness (QED) is 0.376. The Kier molecular flexibility index (Phi) is 7.37. The second-order valence-corrected chi connectivity index (χ2v) is 5.95. The van der Waals surface area contributed by atoms with E-state index in [0.717, 1.165) is 39.0 Å². The van der Waals surface area contributed by atoms with Crippen molar-refractivity contribution in [1.29, 1.82) is 0 Å². The van der Waals surface area contributed by atoms with Crippen molar-refractivity contribution < 1.29 is 14.6 Å². The van der Waals surface area contributed by atoms with E-state index in [1.54, 1.807) is 25.3 Å². The van der Waals surface area contributed by atoms with Crippen LogP contribution in [0.3, 0.4) is 0 Å². The summed E-state index contributed by atoms with van der Waals surface area (Å²) in [4.78, 5) is 18.0. The molecule has 0 saturated carbocycles. The van der Waals surface area contributed by atoms with E-state index in [1.807, 2.05) is 11.8 Å². The SMILES string of the molecule is CCNC(=NCc1cc(OC)ccc1O)NCCCN1CCCC1=O. The summed E-state index contributed by atoms with van der Waals surface area (Å²) in [6, 6.07) is 5.10. The smallest absolute Gasteiger partial charge is 0.222 e. The van der Waals surface area contributed by atoms with Gasteiger partial charge in [-0.3, -0.25) is 4.79 Å². The Balaban J connectivity index is 1.84. The summed E-state index contributed by atoms with van der Waals surface area (Å²) in [5.41, 5.74) is 0.708. The van der Waals surface area contributed by atoms with Crippen LogP contribution < -0.4 is 15.4 Å². The number of likely N-dealkylation sites (tertiary alicyclic amines) is 1. The number of carbonyl (C=O) groups is 1. The standard InChI is InChI=1S/C18H28N4O3/c1-3-19-18(20-9-5-11-22-10-4-6-17(22)24)21-13-14-12-15(25-2)7-8-16(14)23/h7-8,12,23H,3-6,9-11,13H2,1-2H3,(H2,19,20,21). The lowest BCUT2D eigenvalue weighted by atomic mass is 10.2. The predicted molar refractivity (Wildman–Crippen MR) is 97.9 cm³/mol. The lowest BCUT2D eigenvalue weighted by molar-refractivity contribution is -0.127. The number of hydrogen-bond acceptors (Lipinski definition) is 4. The van der Waals surface area contributed by atoms with Crippen molar-refractivity contribution >= 4 is 11.9 Å². The lowest BCUT2D eigenvalue weighted by Gasteiger charge is -2.16. The maximum absolute atomic E-state index is 11.6. The Morgan fingerprint density at radius 2 is 2.24 bits per heavy atom. The minimum Gasteiger partial charge on any atom is -0.508 e. The first-order valence-corrected chi connectivity index (χ1v) is 8.80. The van der Waals surface area contributed by atoms with Gasteiger partial charge in [-0.05, 0) is 38.0 Å². The van der Waals surface area contributed by atoms with Crippen LogP contribution in [0.5, 0.6) is 11.5 Å². The number of phenolic OH excluding ortho intramolecular Hbond substituents is 1. The average molecular weight is 348 g/mol. The van der Waals surface area contributed by atoms with Gasteiger partial charge in [0.05, 0.1) is 13.7 Å². The molecule has 1 aliphatic heterocycles. The molecule has 0 aromatic heterocycles. The second kappa shape index (κ2) is 9.76. The number of phenols is 1. The third kappa shape index (κ3) is 5.85. The third-order valence-corrected chi connectivity index (χ3v) is 4.11. The summed E-state index contributed by atoms with van der Waals surface area (Å²) in [7, 11) is 1.59. The van der Waals surface area contributed by atoms with Gasteiger partial charge < -0.3 is 25.4 Å². The van der Waals surface area contributed by atoms with Gasteiger partial charge in [0.1, 0.15) is 11.5 Å². The number of amides is 1. The molecule has 0 atom stereocenters. The molecular formula is C18H28N4O3. The van der Waals surface area contributed by atoms with Crippen molar-refractivity contribution in [3.8, 4) is 11.5 Å². The first kappa shape index (κ1) is 18.9. The van der Waals surface area contributed by atoms with Crippen LogP contribution >= 0.6 is 0 Å². The zero-order valence-electron chi connectivity index (χ0n) is 15.0. The molecule has 1 aromatic carbocycles. The Morgan fingerprint density at radius 1 is 1.40 bits per heavy atom. The maximum atomic E-state index is 11.6. The minimum absolute atomic E-state index is 0.202. The molecule has 7 nitrogen and oxygen atoms in total. The van der Waals surface area contributed by atoms with Crippen LogP contribution in [0.2, 0.25) is 0 Å². The highest BCUT2D eigenvalue weighted by Crippen LogP contribution is 2.23. The molecule has 0 unspecified atom stereocenters. The fourth-order valence-electron chi connectivity index (χ4n) is 2.74. The Hall–Kier alpha value is -2.44. The number of rotatable bonds is 8. The largest absolute Gasteiger partial charge is 0.508 e. The first-order chi connectivity index (χ1) is 12.1. The summed E-state index contributed by atoms with van der Waals surface area (Å²) >= 11 is 0. The van der Waals surface area contributed by atoms with Crippen molar-refractivity contribution in [2.45, 2.75) is 32.7 Å². The van der Waals surface area contributed by atoms with Crippen LogP contribution in [0.15, 0.2) is 23.2 Å². The number of nitrogens with one attached hydrogen (secondary N) is 2. The number of aromatic hydroxyl groups is 1. The van der Waals surface area contributed by atoms with Crippen LogP contribution in [-0.2, 0) is 11.3 Å². The highest BCUT2D eigenvalue weighted by atomic mass is 16.5. The number of carbonyl (C=O) groups excluding carboxylic acids is 1. The normalized spacial score (nSPS) is 14.7. The van der Waals surface area contributed by atoms with Crippen LogP contribution in [0, 0.1) is 0 Å². The van der Waals surface area contributed by atoms with Crippen molar-refractivity contribution in [2.75, 3.05) is 33.3 Å². The molecule has 7 heteroatoms. The fourth-order valence-corrected chi connectivity index (χ4v) is 2.74. The predicted octanol–water partition coefficient (Wildman–Crippen LogP) is 1.47. The van der Waals surface area contributed by atoms with E-state index in [4.69, 9.17) is 4.74 Å². The van der Waals surface area contributed by atoms with Gasteiger partial charge in [0, 0.05) is 38.2 Å². The highest BCUT2D eigenvalue weighted by molar-refractivity contribution is 5.80. The molecule has 0 radical (unpaired) electrons. The molecule has 1 amide bonds. The summed E-state index contributed by atoms with van der Waals surface area (Å²) in [5.74, 6) is 1.84. The van der Waals surface area contributed by atoms with Gasteiger partial charge in [-0.1, -0.05) is 0 Å². The van der Waals surface area contributed by atoms with Crippen LogP contribution in [-0.4, -0.2) is 55.2 Å². The first-order valence-electron chi connectivity index (χ1n) is 8.80. The van der Waals surface area contributed by atoms with Gasteiger partial charge >= 0.3 is 0 Å². The molecule has 1 fully saturated rings. The van der Waals surface area contributed by atoms with Gasteiger partial charge in [0.25, 0.3) is 0 Å². The van der Waals surface area contributed by atoms with Gasteiger partial charge in [0.15, 0.2) is 5.96 Å². The van der Waals surface area contributed by atoms with E-state index >= 15 is 0 Å². The molecule has 2 rings (SSSR count). The molecule has 1 aromatic rings. The zero-order valence-corrected chi connectivity index (χ0v) is 15.0. The van der Waals surface area contributed by atoms with Crippen molar-refractivity contribution in [3.05, 3.63) is 23.8 Å². The topological polar surface area (TPSA) is 86.2 Å². The summed E-state index contributed by atoms with van der Waals surface area (Å²) in [6.45, 7) is 5.50. The van der Waals surface area contributed by atoms with Crippen LogP contribution in [0.4, 0.5) is 0 Å². The number of ether oxygens (including phenoxy) is 1. The second-order valence-electron chi connectivity index (χ2n) is 5.95. The van der Waals surface area contributed by atoms with E-state index in [2.05, 4.69) is 15.6 Å². The Morgan fingerprint density at radius 3 is 2.92 bits per heavy atom. The number of benzene rings is 1. The van der Waals surface area contributed by atoms with Crippen molar-refractivity contribution in [2.24, 2.45) is 4.99 Å². The molecule has 3 N–H and O–H groups in total. The van der Waals surface area contributed by atoms with Gasteiger partial charge in [-0.2, -0.15) is 0 Å². The number of aliphatic imine (C=N–C) groups is 1. The molecule has 1 heterocycles. The summed E-state index contributed by atoms with van der Waals surface area (Å²) in [5, 5.41) is 16.4. The number of methoxy groups -OCH3 is 1. The molecule has 1 aliphatic rings. The van der Waals surface area contributed by atoms with Gasteiger partial charge in [-0.15, -0.1) is 0 Å². The van der Waals surface area contributed by atoms with Gasteiger partial charge in [-0.25, -0.2) is 4.99 Å². The highest BCUT2D eigenvalue weighted by Gasteiger charge is 2.18. The number of guanidine groups is 1. The summed E-state index contributed by atoms with van der Waals surface area (Å²) < 4.78 is 5.18. The fraction of sp³-hybridized carbons (Fsp3) is 0.556. The third-order valence-electron chi connectivity index (χ3n) is 4.11. The average Bonchev–Trinajstić information content (AvgIpc) is 3.02. The molecular weight excluding hydrogens is 320 g/mol. The molecule has 0 spiro atoms. The van der Waals surface area contributed by atoms with E-state index in [9.17, 15) is 9.90 Å². The Bertz CT molecular complexity index is 604. The molecule has 0 aliphatic carbocycles. The Labute approximate surface area is 149 Å². The monoisotopic (exact) mass is 348 g/mol. The van der Waals surface area contributed by atoms with E-state index in [1.165, 1.54) is 0 Å². The van der Waals surface area contributed by atoms with Crippen molar-refractivity contribution in [1.82, 2.24) is 15.5 Å². The van der Waals surface area contributed by atoms with Crippen molar-refractivity contribution in [3.63, 3.8) is 0 Å². The lowest BCUT2D eigenvalue weighted by Crippen LogP contribution is -2.39. The molecule has 1 saturated heterocycles. The van der Waals surface area contributed by atoms with E-state index in [0.29, 0.717) is 30.2 Å². The van der Waals surface area contributed by atoms with E-state index < -0.39 is 0 Å². The molecule has 138 valence electrons. The molecule has 0 bridgehead atoms. The van der Waals surface area contributed by atoms with Crippen LogP contribution in [0.1, 0.15) is 31.7 Å².